The molecule has 8 heteroatoms. The number of nitrogens with one attached hydrogen (secondary N) is 2. The zero-order chi connectivity index (χ0) is 19.3. The first kappa shape index (κ1) is 19.1. The maximum absolute atomic E-state index is 12.2. The normalized spacial score (nSPS) is 11.0. The van der Waals surface area contributed by atoms with E-state index >= 15 is 0 Å². The van der Waals surface area contributed by atoms with Crippen molar-refractivity contribution in [1.82, 2.24) is 10.3 Å². The van der Waals surface area contributed by atoms with Crippen LogP contribution >= 0.6 is 15.9 Å². The van der Waals surface area contributed by atoms with Gasteiger partial charge in [-0.1, -0.05) is 40.2 Å². The fourth-order valence-corrected chi connectivity index (χ4v) is 3.61. The number of ether oxygens (including phenoxy) is 1. The Kier molecular flexibility index (Phi) is 5.90. The van der Waals surface area contributed by atoms with Gasteiger partial charge in [-0.15, -0.1) is 4.83 Å². The number of hydrogen-bond acceptors (Lipinski definition) is 4. The molecule has 0 aliphatic rings. The lowest BCUT2D eigenvalue weighted by atomic mass is 10.2. The first-order chi connectivity index (χ1) is 12.9. The average molecular weight is 447 g/mol. The molecule has 0 saturated heterocycles. The van der Waals surface area contributed by atoms with Gasteiger partial charge in [0.1, 0.15) is 11.5 Å². The molecular formula is C19H15BrN2O4S. The molecule has 27 heavy (non-hydrogen) atoms. The minimum Gasteiger partial charge on any atom is -0.457 e. The lowest BCUT2D eigenvalue weighted by Gasteiger charge is -2.09. The van der Waals surface area contributed by atoms with Gasteiger partial charge in [0, 0.05) is 10.0 Å². The maximum Gasteiger partial charge on any atom is 0.266 e. The van der Waals surface area contributed by atoms with Crippen molar-refractivity contribution in [2.75, 3.05) is 0 Å². The third-order valence-corrected chi connectivity index (χ3v) is 5.24. The number of carbonyl (C=O) groups excluding carboxylic acids is 1. The standard InChI is InChI=1S/C19H15BrN2O4S/c20-15-5-4-8-18(13-15)27(24,25)22-21-19(23)14-9-11-17(12-10-14)26-16-6-2-1-3-7-16/h1-13,22H,(H,21,23). The highest BCUT2D eigenvalue weighted by Gasteiger charge is 2.16. The van der Waals surface area contributed by atoms with Gasteiger partial charge in [0.05, 0.1) is 4.90 Å². The van der Waals surface area contributed by atoms with Crippen molar-refractivity contribution in [2.24, 2.45) is 0 Å². The lowest BCUT2D eigenvalue weighted by molar-refractivity contribution is 0.0945. The van der Waals surface area contributed by atoms with Crippen molar-refractivity contribution in [3.05, 3.63) is 88.9 Å². The van der Waals surface area contributed by atoms with Crippen LogP contribution in [0, 0.1) is 0 Å². The number of hydrogen-bond donors (Lipinski definition) is 2. The molecule has 2 N–H and O–H groups in total. The summed E-state index contributed by atoms with van der Waals surface area (Å²) in [6, 6.07) is 21.7. The molecule has 0 radical (unpaired) electrons. The molecular weight excluding hydrogens is 432 g/mol. The molecule has 3 rings (SSSR count). The van der Waals surface area contributed by atoms with Crippen LogP contribution in [-0.4, -0.2) is 14.3 Å². The van der Waals surface area contributed by atoms with Crippen LogP contribution in [0.1, 0.15) is 10.4 Å². The molecule has 0 fully saturated rings. The van der Waals surface area contributed by atoms with Crippen LogP contribution in [0.25, 0.3) is 0 Å². The molecule has 0 bridgehead atoms. The summed E-state index contributed by atoms with van der Waals surface area (Å²) in [5, 5.41) is 0. The van der Waals surface area contributed by atoms with Crippen LogP contribution in [-0.2, 0) is 10.0 Å². The molecule has 0 aliphatic carbocycles. The van der Waals surface area contributed by atoms with E-state index in [1.54, 1.807) is 36.4 Å². The molecule has 0 saturated carbocycles. The highest BCUT2D eigenvalue weighted by Crippen LogP contribution is 2.21. The van der Waals surface area contributed by atoms with Gasteiger partial charge >= 0.3 is 0 Å². The topological polar surface area (TPSA) is 84.5 Å². The monoisotopic (exact) mass is 446 g/mol. The Balaban J connectivity index is 1.62. The third-order valence-electron chi connectivity index (χ3n) is 3.50. The van der Waals surface area contributed by atoms with E-state index in [1.165, 1.54) is 12.1 Å². The van der Waals surface area contributed by atoms with Gasteiger partial charge in [-0.2, -0.15) is 0 Å². The summed E-state index contributed by atoms with van der Waals surface area (Å²) in [4.78, 5) is 14.3. The van der Waals surface area contributed by atoms with Crippen molar-refractivity contribution in [2.45, 2.75) is 4.90 Å². The Hall–Kier alpha value is -2.68. The number of halogens is 1. The molecule has 6 nitrogen and oxygen atoms in total. The van der Waals surface area contributed by atoms with E-state index in [9.17, 15) is 13.2 Å². The van der Waals surface area contributed by atoms with Crippen LogP contribution in [0.2, 0.25) is 0 Å². The average Bonchev–Trinajstić information content (AvgIpc) is 2.68. The van der Waals surface area contributed by atoms with Crippen LogP contribution < -0.4 is 15.0 Å². The fraction of sp³-hybridized carbons (Fsp3) is 0. The smallest absolute Gasteiger partial charge is 0.266 e. The molecule has 0 aliphatic heterocycles. The molecule has 0 heterocycles. The number of carbonyl (C=O) groups is 1. The van der Waals surface area contributed by atoms with Gasteiger partial charge in [-0.25, -0.2) is 8.42 Å². The fourth-order valence-electron chi connectivity index (χ4n) is 2.18. The Bertz CT molecular complexity index is 1040. The summed E-state index contributed by atoms with van der Waals surface area (Å²) in [6.45, 7) is 0. The van der Waals surface area contributed by atoms with Gasteiger partial charge in [-0.05, 0) is 54.6 Å². The number of para-hydroxylation sites is 1. The van der Waals surface area contributed by atoms with Gasteiger partial charge < -0.3 is 4.74 Å². The van der Waals surface area contributed by atoms with Gasteiger partial charge in [0.25, 0.3) is 15.9 Å². The summed E-state index contributed by atoms with van der Waals surface area (Å²) < 4.78 is 30.7. The predicted octanol–water partition coefficient (Wildman–Crippen LogP) is 3.86. The second-order valence-corrected chi connectivity index (χ2v) is 8.05. The summed E-state index contributed by atoms with van der Waals surface area (Å²) >= 11 is 3.21. The van der Waals surface area contributed by atoms with E-state index in [0.717, 1.165) is 0 Å². The molecule has 0 unspecified atom stereocenters. The molecule has 0 atom stereocenters. The van der Waals surface area contributed by atoms with Gasteiger partial charge in [0.15, 0.2) is 0 Å². The molecule has 1 amide bonds. The summed E-state index contributed by atoms with van der Waals surface area (Å²) in [5.41, 5.74) is 2.48. The van der Waals surface area contributed by atoms with Crippen LogP contribution in [0.15, 0.2) is 88.2 Å². The van der Waals surface area contributed by atoms with E-state index in [2.05, 4.69) is 26.2 Å². The summed E-state index contributed by atoms with van der Waals surface area (Å²) in [6.07, 6.45) is 0. The Morgan fingerprint density at radius 1 is 0.852 bits per heavy atom. The first-order valence-electron chi connectivity index (χ1n) is 7.85. The number of sulfonamides is 1. The zero-order valence-corrected chi connectivity index (χ0v) is 16.3. The molecule has 0 aromatic heterocycles. The molecule has 3 aromatic carbocycles. The predicted molar refractivity (Wildman–Crippen MR) is 105 cm³/mol. The summed E-state index contributed by atoms with van der Waals surface area (Å²) in [5.74, 6) is 0.656. The van der Waals surface area contributed by atoms with Crippen molar-refractivity contribution < 1.29 is 17.9 Å². The second-order valence-electron chi connectivity index (χ2n) is 5.46. The SMILES string of the molecule is O=C(NNS(=O)(=O)c1cccc(Br)c1)c1ccc(Oc2ccccc2)cc1. The van der Waals surface area contributed by atoms with E-state index in [0.29, 0.717) is 16.0 Å². The molecule has 3 aromatic rings. The highest BCUT2D eigenvalue weighted by atomic mass is 79.9. The Morgan fingerprint density at radius 3 is 2.19 bits per heavy atom. The maximum atomic E-state index is 12.2. The van der Waals surface area contributed by atoms with Crippen LogP contribution in [0.3, 0.4) is 0 Å². The number of amides is 1. The van der Waals surface area contributed by atoms with E-state index in [1.807, 2.05) is 30.3 Å². The Labute approximate surface area is 165 Å². The third kappa shape index (κ3) is 5.16. The minimum atomic E-state index is -3.87. The zero-order valence-electron chi connectivity index (χ0n) is 13.9. The minimum absolute atomic E-state index is 0.0313. The van der Waals surface area contributed by atoms with Crippen LogP contribution in [0.4, 0.5) is 0 Å². The summed E-state index contributed by atoms with van der Waals surface area (Å²) in [7, 11) is -3.87. The molecule has 138 valence electrons. The largest absolute Gasteiger partial charge is 0.457 e. The van der Waals surface area contributed by atoms with E-state index in [4.69, 9.17) is 4.74 Å². The van der Waals surface area contributed by atoms with E-state index < -0.39 is 15.9 Å². The Morgan fingerprint density at radius 2 is 1.52 bits per heavy atom. The van der Waals surface area contributed by atoms with E-state index in [-0.39, 0.29) is 10.5 Å². The first-order valence-corrected chi connectivity index (χ1v) is 10.1. The van der Waals surface area contributed by atoms with Crippen molar-refractivity contribution in [3.63, 3.8) is 0 Å². The quantitative estimate of drug-likeness (QED) is 0.562. The van der Waals surface area contributed by atoms with Crippen molar-refractivity contribution in [1.29, 1.82) is 0 Å². The van der Waals surface area contributed by atoms with Gasteiger partial charge in [-0.3, -0.25) is 10.2 Å². The lowest BCUT2D eigenvalue weighted by Crippen LogP contribution is -2.41. The molecule has 0 spiro atoms. The van der Waals surface area contributed by atoms with Gasteiger partial charge in [0.2, 0.25) is 0 Å². The number of hydrazine groups is 1. The van der Waals surface area contributed by atoms with Crippen molar-refractivity contribution in [3.8, 4) is 11.5 Å². The van der Waals surface area contributed by atoms with Crippen LogP contribution in [0.5, 0.6) is 11.5 Å². The van der Waals surface area contributed by atoms with Crippen molar-refractivity contribution >= 4 is 31.9 Å². The number of rotatable bonds is 6. The second kappa shape index (κ2) is 8.34. The highest BCUT2D eigenvalue weighted by molar-refractivity contribution is 9.10. The number of benzene rings is 3.